The van der Waals surface area contributed by atoms with E-state index in [1.54, 1.807) is 23.1 Å². The summed E-state index contributed by atoms with van der Waals surface area (Å²) < 4.78 is 0. The van der Waals surface area contributed by atoms with Crippen LogP contribution >= 0.6 is 0 Å². The van der Waals surface area contributed by atoms with Gasteiger partial charge in [-0.05, 0) is 30.9 Å². The first kappa shape index (κ1) is 12.9. The van der Waals surface area contributed by atoms with E-state index in [9.17, 15) is 9.90 Å². The number of carbonyl (C=O) groups excluding carboxylic acids is 1. The number of phenols is 1. The number of nitrogens with zero attached hydrogens (tertiary/aromatic N) is 1. The van der Waals surface area contributed by atoms with Gasteiger partial charge in [0, 0.05) is 19.1 Å². The summed E-state index contributed by atoms with van der Waals surface area (Å²) in [5.41, 5.74) is 6.12. The molecule has 0 spiro atoms. The van der Waals surface area contributed by atoms with Crippen molar-refractivity contribution in [2.45, 2.75) is 25.8 Å². The summed E-state index contributed by atoms with van der Waals surface area (Å²) >= 11 is 0. The maximum atomic E-state index is 12.4. The Morgan fingerprint density at radius 3 is 2.89 bits per heavy atom. The highest BCUT2D eigenvalue weighted by molar-refractivity contribution is 5.97. The first-order valence-electron chi connectivity index (χ1n) is 6.42. The number of benzene rings is 1. The van der Waals surface area contributed by atoms with Crippen LogP contribution in [0.2, 0.25) is 0 Å². The van der Waals surface area contributed by atoms with E-state index in [1.165, 1.54) is 6.07 Å². The lowest BCUT2D eigenvalue weighted by molar-refractivity contribution is 0.0570. The molecule has 0 aromatic heterocycles. The molecule has 2 rings (SSSR count). The molecule has 1 amide bonds. The number of amides is 1. The molecule has 0 saturated carbocycles. The molecule has 4 heteroatoms. The number of para-hydroxylation sites is 1. The van der Waals surface area contributed by atoms with Crippen molar-refractivity contribution >= 4 is 5.91 Å². The number of carbonyl (C=O) groups is 1. The zero-order chi connectivity index (χ0) is 13.1. The molecular formula is C14H20N2O2. The molecular weight excluding hydrogens is 228 g/mol. The van der Waals surface area contributed by atoms with Crippen molar-refractivity contribution in [3.05, 3.63) is 29.8 Å². The van der Waals surface area contributed by atoms with Crippen LogP contribution in [0.4, 0.5) is 0 Å². The van der Waals surface area contributed by atoms with Crippen LogP contribution in [0, 0.1) is 5.92 Å². The summed E-state index contributed by atoms with van der Waals surface area (Å²) in [4.78, 5) is 14.2. The van der Waals surface area contributed by atoms with Crippen LogP contribution in [0.3, 0.4) is 0 Å². The van der Waals surface area contributed by atoms with Crippen LogP contribution in [-0.2, 0) is 0 Å². The third-order valence-corrected chi connectivity index (χ3v) is 3.65. The van der Waals surface area contributed by atoms with Gasteiger partial charge >= 0.3 is 0 Å². The maximum absolute atomic E-state index is 12.4. The van der Waals surface area contributed by atoms with Gasteiger partial charge in [-0.25, -0.2) is 0 Å². The Labute approximate surface area is 107 Å². The standard InChI is InChI=1S/C14H20N2O2/c1-10-6-7-16(11(8-10)9-15)14(18)12-4-2-3-5-13(12)17/h2-5,10-11,17H,6-9,15H2,1H3. The second-order valence-corrected chi connectivity index (χ2v) is 5.03. The zero-order valence-electron chi connectivity index (χ0n) is 10.7. The minimum Gasteiger partial charge on any atom is -0.507 e. The van der Waals surface area contributed by atoms with Gasteiger partial charge in [0.25, 0.3) is 5.91 Å². The number of aromatic hydroxyl groups is 1. The molecule has 3 N–H and O–H groups in total. The van der Waals surface area contributed by atoms with Gasteiger partial charge in [-0.3, -0.25) is 4.79 Å². The topological polar surface area (TPSA) is 66.6 Å². The van der Waals surface area contributed by atoms with E-state index >= 15 is 0 Å². The fraction of sp³-hybridized carbons (Fsp3) is 0.500. The van der Waals surface area contributed by atoms with E-state index in [0.29, 0.717) is 18.0 Å². The van der Waals surface area contributed by atoms with Crippen LogP contribution in [0.15, 0.2) is 24.3 Å². The molecule has 1 saturated heterocycles. The predicted octanol–water partition coefficient (Wildman–Crippen LogP) is 1.59. The SMILES string of the molecule is CC1CCN(C(=O)c2ccccc2O)C(CN)C1. The molecule has 1 aromatic rings. The highest BCUT2D eigenvalue weighted by atomic mass is 16.3. The largest absolute Gasteiger partial charge is 0.507 e. The summed E-state index contributed by atoms with van der Waals surface area (Å²) in [5.74, 6) is 0.527. The van der Waals surface area contributed by atoms with Crippen molar-refractivity contribution in [2.24, 2.45) is 11.7 Å². The zero-order valence-corrected chi connectivity index (χ0v) is 10.7. The van der Waals surface area contributed by atoms with Crippen LogP contribution in [-0.4, -0.2) is 35.0 Å². The Morgan fingerprint density at radius 1 is 1.50 bits per heavy atom. The number of piperidine rings is 1. The number of hydrogen-bond donors (Lipinski definition) is 2. The van der Waals surface area contributed by atoms with Crippen molar-refractivity contribution in [1.29, 1.82) is 0 Å². The molecule has 1 aliphatic rings. The van der Waals surface area contributed by atoms with Crippen molar-refractivity contribution in [1.82, 2.24) is 4.90 Å². The fourth-order valence-corrected chi connectivity index (χ4v) is 2.55. The Balaban J connectivity index is 2.20. The Kier molecular flexibility index (Phi) is 3.87. The minimum absolute atomic E-state index is 0.0388. The maximum Gasteiger partial charge on any atom is 0.257 e. The summed E-state index contributed by atoms with van der Waals surface area (Å²) in [6, 6.07) is 6.75. The van der Waals surface area contributed by atoms with Crippen molar-refractivity contribution in [3.63, 3.8) is 0 Å². The molecule has 1 aliphatic heterocycles. The van der Waals surface area contributed by atoms with Crippen LogP contribution in [0.5, 0.6) is 5.75 Å². The molecule has 1 aromatic carbocycles. The summed E-state index contributed by atoms with van der Waals surface area (Å²) in [6.07, 6.45) is 1.94. The van der Waals surface area contributed by atoms with E-state index in [-0.39, 0.29) is 17.7 Å². The predicted molar refractivity (Wildman–Crippen MR) is 70.4 cm³/mol. The highest BCUT2D eigenvalue weighted by Crippen LogP contribution is 2.26. The number of hydrogen-bond acceptors (Lipinski definition) is 3. The van der Waals surface area contributed by atoms with Gasteiger partial charge in [-0.2, -0.15) is 0 Å². The third-order valence-electron chi connectivity index (χ3n) is 3.65. The molecule has 1 fully saturated rings. The lowest BCUT2D eigenvalue weighted by Gasteiger charge is -2.38. The fourth-order valence-electron chi connectivity index (χ4n) is 2.55. The van der Waals surface area contributed by atoms with Gasteiger partial charge in [-0.15, -0.1) is 0 Å². The molecule has 0 aliphatic carbocycles. The average molecular weight is 248 g/mol. The van der Waals surface area contributed by atoms with E-state index in [0.717, 1.165) is 19.4 Å². The minimum atomic E-state index is -0.115. The van der Waals surface area contributed by atoms with E-state index < -0.39 is 0 Å². The number of phenolic OH excluding ortho intramolecular Hbond substituents is 1. The molecule has 4 nitrogen and oxygen atoms in total. The first-order valence-corrected chi connectivity index (χ1v) is 6.42. The monoisotopic (exact) mass is 248 g/mol. The van der Waals surface area contributed by atoms with Crippen molar-refractivity contribution in [2.75, 3.05) is 13.1 Å². The molecule has 0 bridgehead atoms. The Bertz CT molecular complexity index is 434. The summed E-state index contributed by atoms with van der Waals surface area (Å²) in [7, 11) is 0. The number of rotatable bonds is 2. The lowest BCUT2D eigenvalue weighted by atomic mass is 9.92. The second kappa shape index (κ2) is 5.40. The van der Waals surface area contributed by atoms with Crippen molar-refractivity contribution < 1.29 is 9.90 Å². The Morgan fingerprint density at radius 2 is 2.22 bits per heavy atom. The molecule has 98 valence electrons. The molecule has 2 unspecified atom stereocenters. The first-order chi connectivity index (χ1) is 8.63. The molecule has 2 atom stereocenters. The van der Waals surface area contributed by atoms with Gasteiger partial charge in [0.2, 0.25) is 0 Å². The molecule has 1 heterocycles. The van der Waals surface area contributed by atoms with Gasteiger partial charge in [0.05, 0.1) is 5.56 Å². The average Bonchev–Trinajstić information content (AvgIpc) is 2.38. The van der Waals surface area contributed by atoms with E-state index in [2.05, 4.69) is 6.92 Å². The summed E-state index contributed by atoms with van der Waals surface area (Å²) in [6.45, 7) is 3.38. The Hall–Kier alpha value is -1.55. The quantitative estimate of drug-likeness (QED) is 0.835. The normalized spacial score (nSPS) is 24.0. The van der Waals surface area contributed by atoms with Crippen LogP contribution in [0.25, 0.3) is 0 Å². The van der Waals surface area contributed by atoms with Gasteiger partial charge in [-0.1, -0.05) is 19.1 Å². The van der Waals surface area contributed by atoms with Gasteiger partial charge in [0.1, 0.15) is 5.75 Å². The number of nitrogens with two attached hydrogens (primary N) is 1. The smallest absolute Gasteiger partial charge is 0.257 e. The van der Waals surface area contributed by atoms with Crippen LogP contribution in [0.1, 0.15) is 30.1 Å². The van der Waals surface area contributed by atoms with Gasteiger partial charge in [0.15, 0.2) is 0 Å². The highest BCUT2D eigenvalue weighted by Gasteiger charge is 2.30. The second-order valence-electron chi connectivity index (χ2n) is 5.03. The lowest BCUT2D eigenvalue weighted by Crippen LogP contribution is -2.49. The summed E-state index contributed by atoms with van der Waals surface area (Å²) in [5, 5.41) is 9.74. The van der Waals surface area contributed by atoms with Crippen molar-refractivity contribution in [3.8, 4) is 5.75 Å². The van der Waals surface area contributed by atoms with Crippen LogP contribution < -0.4 is 5.73 Å². The third kappa shape index (κ3) is 2.48. The number of likely N-dealkylation sites (tertiary alicyclic amines) is 1. The molecule has 18 heavy (non-hydrogen) atoms. The van der Waals surface area contributed by atoms with Gasteiger partial charge < -0.3 is 15.7 Å². The van der Waals surface area contributed by atoms with E-state index in [1.807, 2.05) is 0 Å². The molecule has 0 radical (unpaired) electrons. The van der Waals surface area contributed by atoms with E-state index in [4.69, 9.17) is 5.73 Å².